The molecule has 16 heteroatoms. The Hall–Kier alpha value is -7.35. The Balaban J connectivity index is 0.000000244. The van der Waals surface area contributed by atoms with Crippen molar-refractivity contribution in [3.05, 3.63) is 215 Å². The second-order valence-electron chi connectivity index (χ2n) is 32.2. The number of fused-ring (bicyclic) bond motifs is 6. The van der Waals surface area contributed by atoms with Crippen LogP contribution in [0.25, 0.3) is 98.0 Å². The van der Waals surface area contributed by atoms with Gasteiger partial charge < -0.3 is 30.6 Å². The van der Waals surface area contributed by atoms with E-state index in [-0.39, 0.29) is 127 Å². The quantitative estimate of drug-likeness (QED) is 0.128. The van der Waals surface area contributed by atoms with Crippen LogP contribution in [0.4, 0.5) is 0 Å². The minimum atomic E-state index is -1.50. The van der Waals surface area contributed by atoms with Gasteiger partial charge in [0.25, 0.3) is 0 Å². The fourth-order valence-electron chi connectivity index (χ4n) is 11.4. The predicted molar refractivity (Wildman–Crippen MR) is 439 cm³/mol. The van der Waals surface area contributed by atoms with E-state index < -0.39 is 48.4 Å². The third kappa shape index (κ3) is 22.9. The fourth-order valence-corrected chi connectivity index (χ4v) is 14.5. The van der Waals surface area contributed by atoms with Gasteiger partial charge in [-0.05, 0) is 171 Å². The third-order valence-electron chi connectivity index (χ3n) is 16.1. The molecule has 12 aromatic rings. The van der Waals surface area contributed by atoms with Gasteiger partial charge in [0.05, 0.1) is 0 Å². The number of rotatable bonds is 3. The molecule has 0 N–H and O–H groups in total. The summed E-state index contributed by atoms with van der Waals surface area (Å²) >= 11 is 0. The van der Waals surface area contributed by atoms with Crippen LogP contribution in [-0.4, -0.2) is 48.4 Å². The molecule has 0 saturated heterocycles. The summed E-state index contributed by atoms with van der Waals surface area (Å²) in [4.78, 5) is 0. The van der Waals surface area contributed by atoms with E-state index >= 15 is 0 Å². The molecule has 0 spiro atoms. The number of hydrogen-bond donors (Lipinski definition) is 0. The van der Waals surface area contributed by atoms with E-state index in [0.717, 1.165) is 98.0 Å². The van der Waals surface area contributed by atoms with Gasteiger partial charge in [-0.2, -0.15) is 0 Å². The molecule has 510 valence electrons. The van der Waals surface area contributed by atoms with Crippen molar-refractivity contribution in [1.82, 2.24) is 0 Å². The van der Waals surface area contributed by atoms with Crippen molar-refractivity contribution in [2.45, 2.75) is 118 Å². The van der Waals surface area contributed by atoms with Crippen LogP contribution in [0.1, 0.15) is 33.4 Å². The van der Waals surface area contributed by atoms with E-state index in [1.807, 2.05) is 146 Å². The topological polar surface area (TPSA) is 138 Å². The van der Waals surface area contributed by atoms with Crippen LogP contribution in [0.15, 0.2) is 182 Å². The summed E-state index contributed by atoms with van der Waals surface area (Å²) in [6.07, 6.45) is 0. The summed E-state index contributed by atoms with van der Waals surface area (Å²) in [6, 6.07) is 55.5. The first-order chi connectivity index (χ1) is 47.7. The molecule has 0 aliphatic rings. The average Bonchev–Trinajstić information content (AvgIpc) is 0.766. The van der Waals surface area contributed by atoms with Gasteiger partial charge in [-0.1, -0.05) is 263 Å². The Labute approximate surface area is 698 Å². The van der Waals surface area contributed by atoms with E-state index in [1.165, 1.54) is 0 Å². The minimum Gasteiger partial charge on any atom is -0.872 e. The zero-order valence-corrected chi connectivity index (χ0v) is 75.0. The second kappa shape index (κ2) is 35.3. The maximum absolute atomic E-state index is 13.1. The summed E-state index contributed by atoms with van der Waals surface area (Å²) in [7, 11) is -9.00. The summed E-state index contributed by atoms with van der Waals surface area (Å²) in [6.45, 7) is 39.8. The standard InChI is InChI=1S/3C30H30O2Si2.La.3Li/c3*1-33(2,3)17-15-21-7-11-25-23(19-21)9-13-27(31)29(25)30-26-12-8-22(16-18-34(4,5)6)20-24(26)10-14-28(30)32;;;;/h3*7-14,19-20,31-32H,1-6H3;;;;/q;;;+3;3*+1/p-6. The SMILES string of the molecule is C[Si](C)(C)C#Cc1ccc2c(-c3c([O-])ccc4cc(C#C[Si](C)(C)C)ccc34)c([O-])ccc2c1.C[Si](C)(C)C#Cc1ccc2c(-c3c([O-])ccc4cc(C#C[Si](C)(C)C)ccc34)c([O-])ccc2c1.C[Si](C)(C)C#Cc1ccc2c(-c3c([O-])ccc4cc(C#C[Si](C)(C)C)ccc34)c([O-])ccc2c1.[La+3].[Li+].[Li+].[Li+]. The molecule has 106 heavy (non-hydrogen) atoms. The molecule has 0 saturated carbocycles. The molecule has 0 heterocycles. The van der Waals surface area contributed by atoms with Gasteiger partial charge in [0.2, 0.25) is 0 Å². The van der Waals surface area contributed by atoms with E-state index in [4.69, 9.17) is 0 Å². The Morgan fingerprint density at radius 2 is 0.311 bits per heavy atom. The molecule has 12 rings (SSSR count). The molecular formula is C90H84LaLi3O6Si6. The van der Waals surface area contributed by atoms with Gasteiger partial charge in [0.1, 0.15) is 48.4 Å². The Bertz CT molecular complexity index is 4880. The molecule has 0 atom stereocenters. The van der Waals surface area contributed by atoms with Crippen LogP contribution in [0.3, 0.4) is 0 Å². The van der Waals surface area contributed by atoms with Gasteiger partial charge in [0.15, 0.2) is 0 Å². The molecular weight excluding hydrogens is 1510 g/mol. The maximum atomic E-state index is 13.1. The van der Waals surface area contributed by atoms with Crippen molar-refractivity contribution in [1.29, 1.82) is 0 Å². The van der Waals surface area contributed by atoms with Crippen LogP contribution in [0.5, 0.6) is 34.5 Å². The first-order valence-corrected chi connectivity index (χ1v) is 55.4. The third-order valence-corrected chi connectivity index (χ3v) is 21.4. The second-order valence-corrected chi connectivity index (χ2v) is 60.7. The van der Waals surface area contributed by atoms with Crippen LogP contribution in [0, 0.1) is 104 Å². The molecule has 0 aliphatic carbocycles. The average molecular weight is 1590 g/mol. The normalized spacial score (nSPS) is 11.2. The summed E-state index contributed by atoms with van der Waals surface area (Å²) in [5, 5.41) is 88.5. The molecule has 12 aromatic carbocycles. The summed E-state index contributed by atoms with van der Waals surface area (Å²) in [5.41, 5.74) is 28.6. The van der Waals surface area contributed by atoms with E-state index in [1.54, 1.807) is 36.4 Å². The molecule has 6 nitrogen and oxygen atoms in total. The van der Waals surface area contributed by atoms with E-state index in [9.17, 15) is 30.6 Å². The van der Waals surface area contributed by atoms with Gasteiger partial charge >= 0.3 is 92.2 Å². The van der Waals surface area contributed by atoms with Crippen molar-refractivity contribution >= 4 is 113 Å². The molecule has 0 fully saturated rings. The van der Waals surface area contributed by atoms with Gasteiger partial charge in [-0.25, -0.2) is 0 Å². The molecule has 0 aromatic heterocycles. The molecule has 0 amide bonds. The molecule has 0 unspecified atom stereocenters. The van der Waals surface area contributed by atoms with Gasteiger partial charge in [-0.15, -0.1) is 67.8 Å². The molecule has 0 radical (unpaired) electrons. The smallest absolute Gasteiger partial charge is 0.872 e. The molecule has 0 aliphatic heterocycles. The Kier molecular flexibility index (Phi) is 29.2. The summed E-state index contributed by atoms with van der Waals surface area (Å²) in [5.74, 6) is 18.8. The van der Waals surface area contributed by atoms with Crippen molar-refractivity contribution < 1.29 is 123 Å². The maximum Gasteiger partial charge on any atom is 3.00 e. The molecule has 0 bridgehead atoms. The Morgan fingerprint density at radius 3 is 0.425 bits per heavy atom. The first-order valence-electron chi connectivity index (χ1n) is 34.4. The number of hydrogen-bond acceptors (Lipinski definition) is 6. The minimum absolute atomic E-state index is 0. The van der Waals surface area contributed by atoms with Crippen LogP contribution >= 0.6 is 0 Å². The van der Waals surface area contributed by atoms with Crippen molar-refractivity contribution in [3.8, 4) is 137 Å². The van der Waals surface area contributed by atoms with Crippen molar-refractivity contribution in [2.75, 3.05) is 0 Å². The van der Waals surface area contributed by atoms with Gasteiger partial charge in [0, 0.05) is 33.4 Å². The fraction of sp³-hybridized carbons (Fsp3) is 0.200. The van der Waals surface area contributed by atoms with Crippen LogP contribution in [0.2, 0.25) is 118 Å². The van der Waals surface area contributed by atoms with E-state index in [2.05, 4.69) is 187 Å². The Morgan fingerprint density at radius 1 is 0.189 bits per heavy atom. The number of benzene rings is 12. The van der Waals surface area contributed by atoms with Crippen LogP contribution in [-0.2, 0) is 0 Å². The predicted octanol–water partition coefficient (Wildman–Crippen LogP) is 9.81. The first kappa shape index (κ1) is 87.6. The van der Waals surface area contributed by atoms with E-state index in [0.29, 0.717) is 33.4 Å². The summed E-state index contributed by atoms with van der Waals surface area (Å²) < 4.78 is 0. The monoisotopic (exact) mass is 1590 g/mol. The largest absolute Gasteiger partial charge is 3.00 e. The van der Waals surface area contributed by atoms with Crippen molar-refractivity contribution in [2.24, 2.45) is 0 Å². The zero-order valence-electron chi connectivity index (χ0n) is 65.3. The zero-order chi connectivity index (χ0) is 74.0. The van der Waals surface area contributed by atoms with Crippen molar-refractivity contribution in [3.63, 3.8) is 0 Å². The van der Waals surface area contributed by atoms with Crippen LogP contribution < -0.4 is 87.2 Å². The van der Waals surface area contributed by atoms with Gasteiger partial charge in [-0.3, -0.25) is 0 Å².